The fraction of sp³-hybridized carbons (Fsp3) is 0.367. The van der Waals surface area contributed by atoms with Crippen molar-refractivity contribution in [2.24, 2.45) is 0 Å². The highest BCUT2D eigenvalue weighted by molar-refractivity contribution is 9.10. The number of alkyl halides is 2. The van der Waals surface area contributed by atoms with E-state index in [2.05, 4.69) is 21.2 Å². The average molecular weight is 601 g/mol. The van der Waals surface area contributed by atoms with Crippen LogP contribution in [0.4, 0.5) is 13.6 Å². The molecule has 1 N–H and O–H groups in total. The van der Waals surface area contributed by atoms with Crippen LogP contribution in [0.25, 0.3) is 23.1 Å². The number of alkyl carbamates (subject to hydrolysis) is 1. The van der Waals surface area contributed by atoms with Gasteiger partial charge in [-0.3, -0.25) is 4.79 Å². The highest BCUT2D eigenvalue weighted by atomic mass is 79.9. The maximum Gasteiger partial charge on any atom is 0.408 e. The van der Waals surface area contributed by atoms with Gasteiger partial charge in [-0.25, -0.2) is 18.6 Å². The van der Waals surface area contributed by atoms with E-state index in [1.165, 1.54) is 4.90 Å². The number of hydrogen-bond acceptors (Lipinski definition) is 4. The number of amides is 2. The second kappa shape index (κ2) is 11.4. The summed E-state index contributed by atoms with van der Waals surface area (Å²) in [6, 6.07) is 13.7. The summed E-state index contributed by atoms with van der Waals surface area (Å²) in [7, 11) is 0. The summed E-state index contributed by atoms with van der Waals surface area (Å²) < 4.78 is 35.9. The first-order valence-electron chi connectivity index (χ1n) is 12.8. The maximum absolute atomic E-state index is 15.0. The number of carbonyl (C=O) groups is 2. The predicted octanol–water partition coefficient (Wildman–Crippen LogP) is 7.24. The number of rotatable bonds is 4. The SMILES string of the molecule is Cc1ccccc1/C=C/c1cc(C(=O)N2CCC(NC(=O)OC(C)(C)C)C(F)(F)CC2)c2cc(Br)ccc2n1. The van der Waals surface area contributed by atoms with E-state index in [4.69, 9.17) is 9.72 Å². The molecule has 9 heteroatoms. The number of nitrogens with one attached hydrogen (secondary N) is 1. The van der Waals surface area contributed by atoms with E-state index in [9.17, 15) is 18.4 Å². The second-order valence-corrected chi connectivity index (χ2v) is 11.7. The Labute approximate surface area is 235 Å². The van der Waals surface area contributed by atoms with Gasteiger partial charge in [0.15, 0.2) is 0 Å². The predicted molar refractivity (Wildman–Crippen MR) is 153 cm³/mol. The number of aromatic nitrogens is 1. The summed E-state index contributed by atoms with van der Waals surface area (Å²) >= 11 is 3.46. The molecule has 0 saturated carbocycles. The molecule has 3 aromatic rings. The molecule has 0 bridgehead atoms. The quantitative estimate of drug-likeness (QED) is 0.343. The van der Waals surface area contributed by atoms with Crippen molar-refractivity contribution >= 4 is 51.0 Å². The van der Waals surface area contributed by atoms with Crippen molar-refractivity contribution in [2.45, 2.75) is 58.1 Å². The van der Waals surface area contributed by atoms with E-state index >= 15 is 0 Å². The third kappa shape index (κ3) is 7.20. The van der Waals surface area contributed by atoms with Crippen molar-refractivity contribution in [3.63, 3.8) is 0 Å². The lowest BCUT2D eigenvalue weighted by molar-refractivity contribution is -0.0439. The van der Waals surface area contributed by atoms with Gasteiger partial charge in [0.05, 0.1) is 22.8 Å². The van der Waals surface area contributed by atoms with Crippen LogP contribution in [0.1, 0.15) is 60.8 Å². The maximum atomic E-state index is 15.0. The van der Waals surface area contributed by atoms with E-state index in [-0.39, 0.29) is 25.4 Å². The minimum absolute atomic E-state index is 0.0566. The summed E-state index contributed by atoms with van der Waals surface area (Å²) in [5.41, 5.74) is 2.91. The average Bonchev–Trinajstić information content (AvgIpc) is 2.99. The Bertz CT molecular complexity index is 1420. The van der Waals surface area contributed by atoms with Gasteiger partial charge >= 0.3 is 6.09 Å². The highest BCUT2D eigenvalue weighted by Gasteiger charge is 2.44. The van der Waals surface area contributed by atoms with Crippen LogP contribution in [-0.4, -0.2) is 52.5 Å². The van der Waals surface area contributed by atoms with Gasteiger partial charge in [-0.05, 0) is 75.6 Å². The fourth-order valence-electron chi connectivity index (χ4n) is 4.50. The molecule has 0 spiro atoms. The van der Waals surface area contributed by atoms with Gasteiger partial charge in [-0.15, -0.1) is 0 Å². The molecule has 1 atom stereocenters. The summed E-state index contributed by atoms with van der Waals surface area (Å²) in [4.78, 5) is 32.1. The zero-order valence-corrected chi connectivity index (χ0v) is 24.0. The molecule has 0 radical (unpaired) electrons. The van der Waals surface area contributed by atoms with Crippen molar-refractivity contribution < 1.29 is 23.1 Å². The van der Waals surface area contributed by atoms with Crippen molar-refractivity contribution in [1.29, 1.82) is 0 Å². The van der Waals surface area contributed by atoms with Gasteiger partial charge in [0.2, 0.25) is 0 Å². The van der Waals surface area contributed by atoms with Crippen molar-refractivity contribution in [3.05, 3.63) is 75.4 Å². The van der Waals surface area contributed by atoms with Gasteiger partial charge in [0.25, 0.3) is 11.8 Å². The first-order chi connectivity index (χ1) is 18.3. The van der Waals surface area contributed by atoms with Crippen LogP contribution in [-0.2, 0) is 4.74 Å². The zero-order valence-electron chi connectivity index (χ0n) is 22.4. The molecule has 1 fully saturated rings. The Balaban J connectivity index is 1.62. The minimum atomic E-state index is -3.20. The molecule has 6 nitrogen and oxygen atoms in total. The van der Waals surface area contributed by atoms with Crippen LogP contribution in [0.2, 0.25) is 0 Å². The summed E-state index contributed by atoms with van der Waals surface area (Å²) in [5, 5.41) is 2.94. The molecule has 39 heavy (non-hydrogen) atoms. The number of hydrogen-bond donors (Lipinski definition) is 1. The largest absolute Gasteiger partial charge is 0.444 e. The summed E-state index contributed by atoms with van der Waals surface area (Å²) in [6.45, 7) is 6.92. The molecule has 2 amide bonds. The number of pyridine rings is 1. The lowest BCUT2D eigenvalue weighted by Crippen LogP contribution is -2.49. The van der Waals surface area contributed by atoms with E-state index in [0.717, 1.165) is 15.6 Å². The summed E-state index contributed by atoms with van der Waals surface area (Å²) in [6.07, 6.45) is 2.20. The smallest absolute Gasteiger partial charge is 0.408 e. The number of ether oxygens (including phenoxy) is 1. The Kier molecular flexibility index (Phi) is 8.39. The molecule has 1 aliphatic rings. The third-order valence-corrected chi connectivity index (χ3v) is 7.03. The van der Waals surface area contributed by atoms with Crippen LogP contribution < -0.4 is 5.32 Å². The number of aryl methyl sites for hydroxylation is 1. The van der Waals surface area contributed by atoms with E-state index in [1.54, 1.807) is 26.8 Å². The van der Waals surface area contributed by atoms with Crippen molar-refractivity contribution in [1.82, 2.24) is 15.2 Å². The van der Waals surface area contributed by atoms with Crippen LogP contribution in [0.15, 0.2) is 53.0 Å². The van der Waals surface area contributed by atoms with Gasteiger partial charge in [0.1, 0.15) is 5.60 Å². The Hall–Kier alpha value is -3.33. The number of halogens is 3. The molecule has 2 aromatic carbocycles. The molecule has 4 rings (SSSR count). The van der Waals surface area contributed by atoms with Crippen molar-refractivity contribution in [3.8, 4) is 0 Å². The molecule has 1 saturated heterocycles. The van der Waals surface area contributed by atoms with Gasteiger partial charge < -0.3 is 15.0 Å². The number of fused-ring (bicyclic) bond motifs is 1. The monoisotopic (exact) mass is 599 g/mol. The van der Waals surface area contributed by atoms with Gasteiger partial charge in [-0.1, -0.05) is 46.3 Å². The number of benzene rings is 2. The van der Waals surface area contributed by atoms with Crippen LogP contribution in [0.5, 0.6) is 0 Å². The Morgan fingerprint density at radius 3 is 2.59 bits per heavy atom. The molecule has 206 valence electrons. The first kappa shape index (κ1) is 28.7. The minimum Gasteiger partial charge on any atom is -0.444 e. The lowest BCUT2D eigenvalue weighted by atomic mass is 10.0. The molecule has 2 heterocycles. The van der Waals surface area contributed by atoms with Crippen LogP contribution in [0.3, 0.4) is 0 Å². The first-order valence-corrected chi connectivity index (χ1v) is 13.6. The second-order valence-electron chi connectivity index (χ2n) is 10.7. The third-order valence-electron chi connectivity index (χ3n) is 6.53. The molecule has 1 aliphatic heterocycles. The molecule has 1 aromatic heterocycles. The molecular weight excluding hydrogens is 568 g/mol. The Morgan fingerprint density at radius 2 is 1.87 bits per heavy atom. The van der Waals surface area contributed by atoms with Gasteiger partial charge in [-0.2, -0.15) is 0 Å². The number of carbonyl (C=O) groups excluding carboxylic acids is 2. The zero-order chi connectivity index (χ0) is 28.4. The molecule has 0 aliphatic carbocycles. The summed E-state index contributed by atoms with van der Waals surface area (Å²) in [5.74, 6) is -3.56. The van der Waals surface area contributed by atoms with Crippen LogP contribution in [0, 0.1) is 6.92 Å². The standard InChI is InChI=1S/C30H32BrF2N3O3/c1-19-7-5-6-8-20(19)9-11-22-18-24(23-17-21(31)10-12-25(23)34-22)27(37)36-15-13-26(30(32,33)14-16-36)35-28(38)39-29(2,3)4/h5-12,17-18,26H,13-16H2,1-4H3,(H,35,38)/b11-9+. The highest BCUT2D eigenvalue weighted by Crippen LogP contribution is 2.31. The Morgan fingerprint density at radius 1 is 1.13 bits per heavy atom. The van der Waals surface area contributed by atoms with E-state index < -0.39 is 30.1 Å². The van der Waals surface area contributed by atoms with E-state index in [1.807, 2.05) is 61.5 Å². The number of nitrogens with zero attached hydrogens (tertiary/aromatic N) is 2. The molecular formula is C30H32BrF2N3O3. The van der Waals surface area contributed by atoms with Crippen LogP contribution >= 0.6 is 15.9 Å². The van der Waals surface area contributed by atoms with Gasteiger partial charge in [0, 0.05) is 29.4 Å². The van der Waals surface area contributed by atoms with E-state index in [0.29, 0.717) is 22.2 Å². The fourth-order valence-corrected chi connectivity index (χ4v) is 4.86. The van der Waals surface area contributed by atoms with Crippen molar-refractivity contribution in [2.75, 3.05) is 13.1 Å². The number of likely N-dealkylation sites (tertiary alicyclic amines) is 1. The normalized spacial score (nSPS) is 17.7. The topological polar surface area (TPSA) is 71.5 Å². The lowest BCUT2D eigenvalue weighted by Gasteiger charge is -2.27. The molecule has 1 unspecified atom stereocenters.